The summed E-state index contributed by atoms with van der Waals surface area (Å²) in [6.45, 7) is 3.77. The Hall–Kier alpha value is -1.36. The molecule has 0 aliphatic rings. The third-order valence-corrected chi connectivity index (χ3v) is 3.77. The molecular weight excluding hydrogens is 252 g/mol. The summed E-state index contributed by atoms with van der Waals surface area (Å²) in [5.41, 5.74) is 0.940. The van der Waals surface area contributed by atoms with E-state index in [4.69, 9.17) is 9.15 Å². The van der Waals surface area contributed by atoms with Crippen molar-refractivity contribution in [3.8, 4) is 0 Å². The predicted octanol–water partition coefficient (Wildman–Crippen LogP) is 2.66. The van der Waals surface area contributed by atoms with E-state index < -0.39 is 0 Å². The van der Waals surface area contributed by atoms with Crippen molar-refractivity contribution in [2.45, 2.75) is 19.0 Å². The minimum absolute atomic E-state index is 0.173. The average Bonchev–Trinajstić information content (AvgIpc) is 2.88. The van der Waals surface area contributed by atoms with Crippen molar-refractivity contribution in [2.24, 2.45) is 0 Å². The van der Waals surface area contributed by atoms with Gasteiger partial charge >= 0.3 is 0 Å². The minimum Gasteiger partial charge on any atom is -0.459 e. The molecule has 2 aromatic rings. The lowest BCUT2D eigenvalue weighted by molar-refractivity contribution is 0.108. The van der Waals surface area contributed by atoms with Crippen molar-refractivity contribution in [2.75, 3.05) is 34.4 Å². The van der Waals surface area contributed by atoms with Crippen LogP contribution in [0.15, 0.2) is 34.7 Å². The molecule has 1 aromatic heterocycles. The second-order valence-corrected chi connectivity index (χ2v) is 5.27. The molecule has 2 rings (SSSR count). The van der Waals surface area contributed by atoms with E-state index in [2.05, 4.69) is 36.3 Å². The van der Waals surface area contributed by atoms with Gasteiger partial charge in [0.05, 0.1) is 12.6 Å². The van der Waals surface area contributed by atoms with Crippen molar-refractivity contribution in [1.82, 2.24) is 10.2 Å². The molecule has 1 aromatic carbocycles. The zero-order chi connectivity index (χ0) is 14.5. The average molecular weight is 276 g/mol. The summed E-state index contributed by atoms with van der Waals surface area (Å²) in [7, 11) is 5.81. The van der Waals surface area contributed by atoms with E-state index in [0.717, 1.165) is 29.9 Å². The number of rotatable bonds is 7. The second kappa shape index (κ2) is 6.88. The van der Waals surface area contributed by atoms with Gasteiger partial charge in [0, 0.05) is 25.1 Å². The van der Waals surface area contributed by atoms with E-state index in [-0.39, 0.29) is 6.04 Å². The maximum absolute atomic E-state index is 5.94. The van der Waals surface area contributed by atoms with Gasteiger partial charge < -0.3 is 14.5 Å². The van der Waals surface area contributed by atoms with Crippen molar-refractivity contribution in [1.29, 1.82) is 0 Å². The smallest absolute Gasteiger partial charge is 0.134 e. The maximum atomic E-state index is 5.94. The summed E-state index contributed by atoms with van der Waals surface area (Å²) >= 11 is 0. The molecule has 0 aliphatic carbocycles. The lowest BCUT2D eigenvalue weighted by Crippen LogP contribution is -2.38. The number of likely N-dealkylation sites (N-methyl/N-ethyl adjacent to an activating group) is 2. The Bertz CT molecular complexity index is 505. The van der Waals surface area contributed by atoms with Crippen LogP contribution >= 0.6 is 0 Å². The highest BCUT2D eigenvalue weighted by atomic mass is 16.5. The standard InChI is InChI=1S/C16H24N2O2/c1-12(11-19-4)18(3)10-14(17-2)16-9-13-7-5-6-8-15(13)20-16/h5-9,12,14,17H,10-11H2,1-4H3. The number of hydrogen-bond acceptors (Lipinski definition) is 4. The lowest BCUT2D eigenvalue weighted by Gasteiger charge is -2.27. The van der Waals surface area contributed by atoms with Crippen molar-refractivity contribution in [3.05, 3.63) is 36.1 Å². The van der Waals surface area contributed by atoms with Crippen LogP contribution in [-0.4, -0.2) is 45.3 Å². The number of methoxy groups -OCH3 is 1. The number of benzene rings is 1. The van der Waals surface area contributed by atoms with Gasteiger partial charge in [0.25, 0.3) is 0 Å². The Morgan fingerprint density at radius 1 is 1.35 bits per heavy atom. The van der Waals surface area contributed by atoms with E-state index in [1.165, 1.54) is 0 Å². The van der Waals surface area contributed by atoms with Crippen LogP contribution < -0.4 is 5.32 Å². The van der Waals surface area contributed by atoms with E-state index in [1.807, 2.05) is 25.2 Å². The normalized spacial score (nSPS) is 14.8. The van der Waals surface area contributed by atoms with E-state index in [1.54, 1.807) is 7.11 Å². The molecule has 0 aliphatic heterocycles. The largest absolute Gasteiger partial charge is 0.459 e. The molecule has 1 N–H and O–H groups in total. The van der Waals surface area contributed by atoms with Gasteiger partial charge in [-0.1, -0.05) is 18.2 Å². The molecule has 0 amide bonds. The van der Waals surface area contributed by atoms with Gasteiger partial charge in [-0.05, 0) is 33.2 Å². The molecular formula is C16H24N2O2. The Morgan fingerprint density at radius 2 is 2.10 bits per heavy atom. The minimum atomic E-state index is 0.173. The molecule has 4 nitrogen and oxygen atoms in total. The molecule has 0 fully saturated rings. The van der Waals surface area contributed by atoms with Crippen LogP contribution in [0.2, 0.25) is 0 Å². The molecule has 110 valence electrons. The SMILES string of the molecule is CNC(CN(C)C(C)COC)c1cc2ccccc2o1. The fourth-order valence-corrected chi connectivity index (χ4v) is 2.33. The highest BCUT2D eigenvalue weighted by Crippen LogP contribution is 2.24. The Balaban J connectivity index is 2.11. The molecule has 0 saturated heterocycles. The van der Waals surface area contributed by atoms with Gasteiger partial charge in [0.15, 0.2) is 0 Å². The monoisotopic (exact) mass is 276 g/mol. The van der Waals surface area contributed by atoms with Crippen LogP contribution in [-0.2, 0) is 4.74 Å². The summed E-state index contributed by atoms with van der Waals surface area (Å²) < 4.78 is 11.1. The summed E-state index contributed by atoms with van der Waals surface area (Å²) in [6, 6.07) is 10.8. The van der Waals surface area contributed by atoms with Crippen molar-refractivity contribution in [3.63, 3.8) is 0 Å². The Kier molecular flexibility index (Phi) is 5.17. The first kappa shape index (κ1) is 15.0. The summed E-state index contributed by atoms with van der Waals surface area (Å²) in [5.74, 6) is 0.977. The van der Waals surface area contributed by atoms with E-state index >= 15 is 0 Å². The van der Waals surface area contributed by atoms with Crippen LogP contribution in [0, 0.1) is 0 Å². The third kappa shape index (κ3) is 3.39. The number of hydrogen-bond donors (Lipinski definition) is 1. The molecule has 0 spiro atoms. The molecule has 0 radical (unpaired) electrons. The molecule has 0 bridgehead atoms. The number of nitrogens with one attached hydrogen (secondary N) is 1. The summed E-state index contributed by atoms with van der Waals surface area (Å²) in [5, 5.41) is 4.48. The molecule has 2 atom stereocenters. The number of nitrogens with zero attached hydrogens (tertiary/aromatic N) is 1. The first-order valence-electron chi connectivity index (χ1n) is 7.00. The van der Waals surface area contributed by atoms with Gasteiger partial charge in [0.2, 0.25) is 0 Å². The molecule has 1 heterocycles. The summed E-state index contributed by atoms with van der Waals surface area (Å²) in [4.78, 5) is 2.28. The first-order chi connectivity index (χ1) is 9.65. The van der Waals surface area contributed by atoms with Crippen LogP contribution in [0.1, 0.15) is 18.7 Å². The number of furan rings is 1. The predicted molar refractivity (Wildman–Crippen MR) is 82.0 cm³/mol. The van der Waals surface area contributed by atoms with Crippen LogP contribution in [0.25, 0.3) is 11.0 Å². The Labute approximate surface area is 120 Å². The second-order valence-electron chi connectivity index (χ2n) is 5.27. The zero-order valence-corrected chi connectivity index (χ0v) is 12.7. The van der Waals surface area contributed by atoms with E-state index in [9.17, 15) is 0 Å². The maximum Gasteiger partial charge on any atom is 0.134 e. The Morgan fingerprint density at radius 3 is 2.75 bits per heavy atom. The van der Waals surface area contributed by atoms with Gasteiger partial charge in [-0.2, -0.15) is 0 Å². The van der Waals surface area contributed by atoms with Crippen molar-refractivity contribution < 1.29 is 9.15 Å². The van der Waals surface area contributed by atoms with Gasteiger partial charge in [0.1, 0.15) is 11.3 Å². The van der Waals surface area contributed by atoms with Gasteiger partial charge in [-0.3, -0.25) is 4.90 Å². The number of fused-ring (bicyclic) bond motifs is 1. The molecule has 4 heteroatoms. The molecule has 0 saturated carbocycles. The van der Waals surface area contributed by atoms with Crippen LogP contribution in [0.4, 0.5) is 0 Å². The van der Waals surface area contributed by atoms with Gasteiger partial charge in [-0.15, -0.1) is 0 Å². The van der Waals surface area contributed by atoms with E-state index in [0.29, 0.717) is 6.04 Å². The first-order valence-corrected chi connectivity index (χ1v) is 7.00. The molecule has 2 unspecified atom stereocenters. The van der Waals surface area contributed by atoms with Gasteiger partial charge in [-0.25, -0.2) is 0 Å². The number of para-hydroxylation sites is 1. The lowest BCUT2D eigenvalue weighted by atomic mass is 10.1. The summed E-state index contributed by atoms with van der Waals surface area (Å²) in [6.07, 6.45) is 0. The molecule has 20 heavy (non-hydrogen) atoms. The fourth-order valence-electron chi connectivity index (χ4n) is 2.33. The highest BCUT2D eigenvalue weighted by Gasteiger charge is 2.19. The third-order valence-electron chi connectivity index (χ3n) is 3.77. The number of ether oxygens (including phenoxy) is 1. The zero-order valence-electron chi connectivity index (χ0n) is 12.7. The van der Waals surface area contributed by atoms with Crippen molar-refractivity contribution >= 4 is 11.0 Å². The van der Waals surface area contributed by atoms with Crippen LogP contribution in [0.3, 0.4) is 0 Å². The fraction of sp³-hybridized carbons (Fsp3) is 0.500. The van der Waals surface area contributed by atoms with Crippen LogP contribution in [0.5, 0.6) is 0 Å². The highest BCUT2D eigenvalue weighted by molar-refractivity contribution is 5.77. The topological polar surface area (TPSA) is 37.6 Å². The quantitative estimate of drug-likeness (QED) is 0.843.